The molecule has 10 nitrogen and oxygen atoms in total. The van der Waals surface area contributed by atoms with Crippen molar-refractivity contribution in [3.8, 4) is 0 Å². The average molecular weight is 516 g/mol. The van der Waals surface area contributed by atoms with E-state index in [1.165, 1.54) is 4.90 Å². The number of nitrogens with two attached hydrogens (primary N) is 1. The molecule has 1 unspecified atom stereocenters. The molecule has 190 valence electrons. The molecule has 0 bridgehead atoms. The smallest absolute Gasteiger partial charge is 0.416 e. The number of aliphatic carboxylic acids is 1. The minimum absolute atomic E-state index is 0.0210. The summed E-state index contributed by atoms with van der Waals surface area (Å²) >= 11 is 0. The zero-order valence-corrected chi connectivity index (χ0v) is 19.2. The number of carbonyl (C=O) groups is 2. The molecule has 2 aromatic carbocycles. The molecule has 1 aliphatic heterocycles. The molecule has 3 rings (SSSR count). The van der Waals surface area contributed by atoms with Gasteiger partial charge in [-0.05, 0) is 30.3 Å². The molecule has 0 saturated carbocycles. The van der Waals surface area contributed by atoms with Gasteiger partial charge in [0, 0.05) is 24.7 Å². The van der Waals surface area contributed by atoms with Gasteiger partial charge in [-0.3, -0.25) is 20.4 Å². The summed E-state index contributed by atoms with van der Waals surface area (Å²) in [6, 6.07) is 9.93. The van der Waals surface area contributed by atoms with Crippen LogP contribution >= 0.6 is 0 Å². The number of nitrogen functional groups attached to an aromatic ring is 1. The second-order valence-corrected chi connectivity index (χ2v) is 9.33. The number of alkyl halides is 3. The summed E-state index contributed by atoms with van der Waals surface area (Å²) in [4.78, 5) is 22.0. The van der Waals surface area contributed by atoms with Gasteiger partial charge in [0.15, 0.2) is 9.84 Å². The van der Waals surface area contributed by atoms with Gasteiger partial charge in [-0.15, -0.1) is 0 Å². The van der Waals surface area contributed by atoms with Crippen LogP contribution in [-0.4, -0.2) is 56.5 Å². The zero-order valence-electron chi connectivity index (χ0n) is 18.4. The number of amides is 1. The predicted molar refractivity (Wildman–Crippen MR) is 120 cm³/mol. The maximum absolute atomic E-state index is 12.8. The first-order chi connectivity index (χ1) is 16.2. The SMILES string of the molecule is CC(=O)O.N=C(N)c1cccc(N2CC(CNCS(=O)(=O)c3cccc(C(F)(F)F)c3)OC2=O)c1. The number of hydrogen-bond acceptors (Lipinski definition) is 7. The van der Waals surface area contributed by atoms with E-state index in [1.54, 1.807) is 24.3 Å². The van der Waals surface area contributed by atoms with E-state index < -0.39 is 50.5 Å². The largest absolute Gasteiger partial charge is 0.481 e. The Labute approximate surface area is 198 Å². The summed E-state index contributed by atoms with van der Waals surface area (Å²) in [6.07, 6.45) is -5.97. The highest BCUT2D eigenvalue weighted by Gasteiger charge is 2.33. The normalized spacial score (nSPS) is 15.7. The Bertz CT molecular complexity index is 1200. The average Bonchev–Trinajstić information content (AvgIpc) is 3.13. The minimum Gasteiger partial charge on any atom is -0.481 e. The van der Waals surface area contributed by atoms with Gasteiger partial charge in [0.25, 0.3) is 5.97 Å². The summed E-state index contributed by atoms with van der Waals surface area (Å²) in [7, 11) is -4.03. The summed E-state index contributed by atoms with van der Waals surface area (Å²) in [5.41, 5.74) is 5.30. The molecule has 0 spiro atoms. The number of nitrogens with zero attached hydrogens (tertiary/aromatic N) is 1. The molecule has 2 aromatic rings. The van der Waals surface area contributed by atoms with E-state index >= 15 is 0 Å². The van der Waals surface area contributed by atoms with Crippen LogP contribution in [0.25, 0.3) is 0 Å². The van der Waals surface area contributed by atoms with Gasteiger partial charge in [0.05, 0.1) is 17.0 Å². The summed E-state index contributed by atoms with van der Waals surface area (Å²) < 4.78 is 68.4. The number of rotatable bonds is 7. The highest BCUT2D eigenvalue weighted by Crippen LogP contribution is 2.30. The lowest BCUT2D eigenvalue weighted by atomic mass is 10.1. The van der Waals surface area contributed by atoms with Gasteiger partial charge in [0.1, 0.15) is 17.8 Å². The Balaban J connectivity index is 0.00000100. The molecular formula is C21H23F3N4O6S. The summed E-state index contributed by atoms with van der Waals surface area (Å²) in [6.45, 7) is 1.18. The van der Waals surface area contributed by atoms with Crippen LogP contribution in [0.4, 0.5) is 23.7 Å². The first kappa shape index (κ1) is 27.6. The molecule has 0 radical (unpaired) electrons. The number of carboxylic acid groups (broad SMARTS) is 1. The van der Waals surface area contributed by atoms with Crippen LogP contribution in [-0.2, 0) is 25.5 Å². The highest BCUT2D eigenvalue weighted by atomic mass is 32.2. The number of benzene rings is 2. The fourth-order valence-corrected chi connectivity index (χ4v) is 4.13. The van der Waals surface area contributed by atoms with Gasteiger partial charge in [-0.1, -0.05) is 18.2 Å². The van der Waals surface area contributed by atoms with Crippen molar-refractivity contribution in [3.63, 3.8) is 0 Å². The summed E-state index contributed by atoms with van der Waals surface area (Å²) in [5, 5.41) is 17.5. The van der Waals surface area contributed by atoms with Crippen molar-refractivity contribution in [2.24, 2.45) is 5.73 Å². The van der Waals surface area contributed by atoms with Crippen LogP contribution in [0, 0.1) is 5.41 Å². The Hall–Kier alpha value is -3.65. The lowest BCUT2D eigenvalue weighted by Gasteiger charge is -2.14. The van der Waals surface area contributed by atoms with Crippen molar-refractivity contribution in [1.29, 1.82) is 5.41 Å². The molecule has 0 aromatic heterocycles. The molecule has 1 heterocycles. The van der Waals surface area contributed by atoms with Gasteiger partial charge < -0.3 is 15.6 Å². The molecule has 1 amide bonds. The summed E-state index contributed by atoms with van der Waals surface area (Å²) in [5.74, 6) is -1.62. The topological polar surface area (TPSA) is 163 Å². The van der Waals surface area contributed by atoms with Gasteiger partial charge in [0.2, 0.25) is 0 Å². The maximum Gasteiger partial charge on any atom is 0.416 e. The Morgan fingerprint density at radius 2 is 1.89 bits per heavy atom. The van der Waals surface area contributed by atoms with Crippen LogP contribution in [0.5, 0.6) is 0 Å². The van der Waals surface area contributed by atoms with E-state index in [9.17, 15) is 26.4 Å². The van der Waals surface area contributed by atoms with E-state index in [-0.39, 0.29) is 18.9 Å². The molecule has 1 atom stereocenters. The Kier molecular flexibility index (Phi) is 8.82. The number of carbonyl (C=O) groups excluding carboxylic acids is 1. The van der Waals surface area contributed by atoms with Crippen LogP contribution in [0.2, 0.25) is 0 Å². The van der Waals surface area contributed by atoms with E-state index in [1.807, 2.05) is 0 Å². The van der Waals surface area contributed by atoms with Gasteiger partial charge >= 0.3 is 12.3 Å². The lowest BCUT2D eigenvalue weighted by Crippen LogP contribution is -2.34. The number of sulfone groups is 1. The van der Waals surface area contributed by atoms with Crippen molar-refractivity contribution in [1.82, 2.24) is 5.32 Å². The quantitative estimate of drug-likeness (QED) is 0.322. The molecule has 1 fully saturated rings. The Morgan fingerprint density at radius 3 is 2.49 bits per heavy atom. The van der Waals surface area contributed by atoms with E-state index in [2.05, 4.69) is 5.32 Å². The van der Waals surface area contributed by atoms with Crippen molar-refractivity contribution < 1.29 is 41.0 Å². The van der Waals surface area contributed by atoms with Gasteiger partial charge in [-0.25, -0.2) is 13.2 Å². The van der Waals surface area contributed by atoms with Crippen LogP contribution in [0.15, 0.2) is 53.4 Å². The predicted octanol–water partition coefficient (Wildman–Crippen LogP) is 2.43. The second-order valence-electron chi connectivity index (χ2n) is 7.34. The monoisotopic (exact) mass is 516 g/mol. The van der Waals surface area contributed by atoms with E-state index in [0.29, 0.717) is 17.3 Å². The molecule has 14 heteroatoms. The fourth-order valence-electron chi connectivity index (χ4n) is 2.98. The number of carboxylic acids is 1. The number of halogens is 3. The highest BCUT2D eigenvalue weighted by molar-refractivity contribution is 7.91. The molecule has 35 heavy (non-hydrogen) atoms. The molecule has 1 aliphatic rings. The third-order valence-electron chi connectivity index (χ3n) is 4.53. The molecule has 0 aliphatic carbocycles. The van der Waals surface area contributed by atoms with E-state index in [4.69, 9.17) is 25.8 Å². The first-order valence-corrected chi connectivity index (χ1v) is 11.6. The van der Waals surface area contributed by atoms with Crippen LogP contribution < -0.4 is 16.0 Å². The number of amidine groups is 1. The van der Waals surface area contributed by atoms with Crippen molar-refractivity contribution in [2.75, 3.05) is 23.9 Å². The van der Waals surface area contributed by atoms with E-state index in [0.717, 1.165) is 25.1 Å². The number of cyclic esters (lactones) is 1. The van der Waals surface area contributed by atoms with Crippen LogP contribution in [0.3, 0.4) is 0 Å². The van der Waals surface area contributed by atoms with Crippen molar-refractivity contribution in [3.05, 3.63) is 59.7 Å². The molecule has 1 saturated heterocycles. The number of anilines is 1. The fraction of sp³-hybridized carbons (Fsp3) is 0.286. The zero-order chi connectivity index (χ0) is 26.4. The third-order valence-corrected chi connectivity index (χ3v) is 6.08. The number of nitrogens with one attached hydrogen (secondary N) is 2. The molecule has 5 N–H and O–H groups in total. The van der Waals surface area contributed by atoms with Crippen molar-refractivity contribution >= 4 is 33.4 Å². The van der Waals surface area contributed by atoms with Crippen molar-refractivity contribution in [2.45, 2.75) is 24.1 Å². The lowest BCUT2D eigenvalue weighted by molar-refractivity contribution is -0.138. The van der Waals surface area contributed by atoms with Gasteiger partial charge in [-0.2, -0.15) is 13.2 Å². The minimum atomic E-state index is -4.65. The number of ether oxygens (including phenoxy) is 1. The van der Waals surface area contributed by atoms with Crippen LogP contribution in [0.1, 0.15) is 18.1 Å². The standard InChI is InChI=1S/C19H19F3N4O4S.C2H4O2/c20-19(21,22)13-4-2-6-16(8-13)31(28,29)11-25-9-15-10-26(18(27)30-15)14-5-1-3-12(7-14)17(23)24;1-2(3)4/h1-8,15,25H,9-11H2,(H3,23,24);1H3,(H,3,4). The number of hydrogen-bond donors (Lipinski definition) is 4. The second kappa shape index (κ2) is 11.2. The third kappa shape index (κ3) is 7.96. The first-order valence-electron chi connectivity index (χ1n) is 9.93. The Morgan fingerprint density at radius 1 is 1.26 bits per heavy atom. The molecular weight excluding hydrogens is 493 g/mol. The maximum atomic E-state index is 12.8.